The Bertz CT molecular complexity index is 1960. The number of hydrogen-bond donors (Lipinski definition) is 3. The molecule has 3 unspecified atom stereocenters. The zero-order valence-electron chi connectivity index (χ0n) is 66.9. The standard InChI is InChI=1S/C83H162O17P2/c1-7-10-12-14-16-18-20-22-24-25-26-27-28-29-31-35-40-44-48-56-62-67-82(87)99-78(71-93-80(85)65-59-53-46-42-38-36-32-33-37-41-45-51-57-63-75(4)5)73-97-101(89,90)95-69-77(84)70-96-102(91,92)98-74-79(72-94-81(86)66-60-54-50-49-52-58-64-76(6)9-3)100-83(88)68-61-55-47-43-39-34-30-23-21-19-17-15-13-11-8-2/h75-79,84H,7-74H2,1-6H3,(H,89,90)(H,91,92)/t76?,77-,78-,79-/m1/s1. The number of carbonyl (C=O) groups excluding carboxylic acids is 4. The van der Waals surface area contributed by atoms with Crippen LogP contribution < -0.4 is 0 Å². The molecule has 6 atom stereocenters. The first-order valence-corrected chi connectivity index (χ1v) is 46.0. The van der Waals surface area contributed by atoms with Crippen LogP contribution in [-0.4, -0.2) is 96.7 Å². The van der Waals surface area contributed by atoms with E-state index in [0.29, 0.717) is 25.7 Å². The molecule has 0 aromatic carbocycles. The first kappa shape index (κ1) is 100. The van der Waals surface area contributed by atoms with E-state index >= 15 is 0 Å². The fraction of sp³-hybridized carbons (Fsp3) is 0.952. The van der Waals surface area contributed by atoms with E-state index in [-0.39, 0.29) is 25.7 Å². The van der Waals surface area contributed by atoms with Crippen LogP contribution in [0, 0.1) is 11.8 Å². The van der Waals surface area contributed by atoms with Gasteiger partial charge in [0.25, 0.3) is 0 Å². The van der Waals surface area contributed by atoms with E-state index in [1.54, 1.807) is 0 Å². The van der Waals surface area contributed by atoms with Gasteiger partial charge in [0.2, 0.25) is 0 Å². The first-order valence-electron chi connectivity index (χ1n) is 43.0. The Labute approximate surface area is 626 Å². The summed E-state index contributed by atoms with van der Waals surface area (Å²) in [6.45, 7) is 9.63. The number of rotatable bonds is 82. The van der Waals surface area contributed by atoms with Crippen LogP contribution in [0.1, 0.15) is 440 Å². The average molecular weight is 1490 g/mol. The Morgan fingerprint density at radius 1 is 0.284 bits per heavy atom. The summed E-state index contributed by atoms with van der Waals surface area (Å²) in [6, 6.07) is 0. The van der Waals surface area contributed by atoms with E-state index in [2.05, 4.69) is 41.5 Å². The highest BCUT2D eigenvalue weighted by Crippen LogP contribution is 2.45. The van der Waals surface area contributed by atoms with E-state index in [4.69, 9.17) is 37.0 Å². The largest absolute Gasteiger partial charge is 0.472 e. The number of unbranched alkanes of at least 4 members (excludes halogenated alkanes) is 51. The topological polar surface area (TPSA) is 237 Å². The summed E-state index contributed by atoms with van der Waals surface area (Å²) in [5.74, 6) is -0.585. The van der Waals surface area contributed by atoms with Crippen molar-refractivity contribution >= 4 is 39.5 Å². The summed E-state index contributed by atoms with van der Waals surface area (Å²) in [5, 5.41) is 10.7. The summed E-state index contributed by atoms with van der Waals surface area (Å²) >= 11 is 0. The van der Waals surface area contributed by atoms with Crippen LogP contribution in [0.3, 0.4) is 0 Å². The van der Waals surface area contributed by atoms with E-state index in [1.807, 2.05) is 0 Å². The summed E-state index contributed by atoms with van der Waals surface area (Å²) in [4.78, 5) is 73.1. The number of esters is 4. The molecular formula is C83H162O17P2. The SMILES string of the molecule is CCCCCCCCCCCCCCCCCCCCCCCC(=O)O[C@H](COC(=O)CCCCCCCCCCCCCCCC(C)C)COP(=O)(O)OC[C@@H](O)COP(=O)(O)OC[C@@H](COC(=O)CCCCCCCCC(C)CC)OC(=O)CCCCCCCCCCCCCCCCC. The molecular weight excluding hydrogens is 1330 g/mol. The second kappa shape index (κ2) is 74.5. The van der Waals surface area contributed by atoms with Crippen LogP contribution in [0.4, 0.5) is 0 Å². The van der Waals surface area contributed by atoms with Crippen LogP contribution in [0.15, 0.2) is 0 Å². The molecule has 0 aliphatic heterocycles. The first-order chi connectivity index (χ1) is 49.4. The van der Waals surface area contributed by atoms with Gasteiger partial charge >= 0.3 is 39.5 Å². The van der Waals surface area contributed by atoms with Crippen LogP contribution in [0.25, 0.3) is 0 Å². The van der Waals surface area contributed by atoms with Crippen LogP contribution in [0.2, 0.25) is 0 Å². The third-order valence-corrected chi connectivity index (χ3v) is 21.7. The molecule has 102 heavy (non-hydrogen) atoms. The van der Waals surface area contributed by atoms with Crippen LogP contribution in [-0.2, 0) is 65.4 Å². The molecule has 0 aliphatic carbocycles. The predicted octanol–water partition coefficient (Wildman–Crippen LogP) is 25.1. The van der Waals surface area contributed by atoms with Gasteiger partial charge in [0.15, 0.2) is 12.2 Å². The lowest BCUT2D eigenvalue weighted by Gasteiger charge is -2.21. The molecule has 0 radical (unpaired) electrons. The van der Waals surface area contributed by atoms with Gasteiger partial charge in [0.05, 0.1) is 26.4 Å². The number of phosphoric ester groups is 2. The van der Waals surface area contributed by atoms with Crippen molar-refractivity contribution in [1.82, 2.24) is 0 Å². The molecule has 19 heteroatoms. The summed E-state index contributed by atoms with van der Waals surface area (Å²) in [7, 11) is -9.92. The van der Waals surface area contributed by atoms with Gasteiger partial charge in [-0.1, -0.05) is 388 Å². The quantitative estimate of drug-likeness (QED) is 0.0222. The van der Waals surface area contributed by atoms with Crippen molar-refractivity contribution in [2.75, 3.05) is 39.6 Å². The molecule has 0 heterocycles. The van der Waals surface area contributed by atoms with E-state index in [9.17, 15) is 43.2 Å². The van der Waals surface area contributed by atoms with Crippen molar-refractivity contribution in [3.05, 3.63) is 0 Å². The summed E-state index contributed by atoms with van der Waals surface area (Å²) in [5.41, 5.74) is 0. The lowest BCUT2D eigenvalue weighted by atomic mass is 10.00. The van der Waals surface area contributed by atoms with E-state index in [0.717, 1.165) is 108 Å². The number of aliphatic hydroxyl groups excluding tert-OH is 1. The molecule has 0 fully saturated rings. The van der Waals surface area contributed by atoms with Crippen molar-refractivity contribution in [3.63, 3.8) is 0 Å². The molecule has 17 nitrogen and oxygen atoms in total. The highest BCUT2D eigenvalue weighted by Gasteiger charge is 2.30. The number of ether oxygens (including phenoxy) is 4. The van der Waals surface area contributed by atoms with E-state index in [1.165, 1.54) is 250 Å². The van der Waals surface area contributed by atoms with Gasteiger partial charge in [-0.3, -0.25) is 37.3 Å². The highest BCUT2D eigenvalue weighted by molar-refractivity contribution is 7.47. The molecule has 0 saturated carbocycles. The lowest BCUT2D eigenvalue weighted by molar-refractivity contribution is -0.161. The minimum atomic E-state index is -4.96. The van der Waals surface area contributed by atoms with Crippen molar-refractivity contribution in [2.45, 2.75) is 458 Å². The molecule has 0 saturated heterocycles. The molecule has 0 spiro atoms. The third kappa shape index (κ3) is 74.9. The normalized spacial score (nSPS) is 14.1. The van der Waals surface area contributed by atoms with Gasteiger partial charge in [-0.15, -0.1) is 0 Å². The average Bonchev–Trinajstić information content (AvgIpc) is 0.961. The Kier molecular flexibility index (Phi) is 73.1. The molecule has 0 aromatic rings. The van der Waals surface area contributed by atoms with Gasteiger partial charge in [0.1, 0.15) is 19.3 Å². The molecule has 606 valence electrons. The van der Waals surface area contributed by atoms with Crippen molar-refractivity contribution in [2.24, 2.45) is 11.8 Å². The molecule has 0 aliphatic rings. The third-order valence-electron chi connectivity index (χ3n) is 19.8. The predicted molar refractivity (Wildman–Crippen MR) is 418 cm³/mol. The Morgan fingerprint density at radius 3 is 0.745 bits per heavy atom. The fourth-order valence-electron chi connectivity index (χ4n) is 12.9. The van der Waals surface area contributed by atoms with Gasteiger partial charge in [-0.25, -0.2) is 9.13 Å². The van der Waals surface area contributed by atoms with Gasteiger partial charge in [0, 0.05) is 25.7 Å². The second-order valence-corrected chi connectivity index (χ2v) is 33.5. The van der Waals surface area contributed by atoms with Gasteiger partial charge in [-0.2, -0.15) is 0 Å². The van der Waals surface area contributed by atoms with Crippen molar-refractivity contribution < 1.29 is 80.2 Å². The molecule has 0 bridgehead atoms. The molecule has 0 aromatic heterocycles. The van der Waals surface area contributed by atoms with Crippen molar-refractivity contribution in [3.8, 4) is 0 Å². The minimum absolute atomic E-state index is 0.107. The van der Waals surface area contributed by atoms with Gasteiger partial charge in [-0.05, 0) is 37.5 Å². The summed E-state index contributed by atoms with van der Waals surface area (Å²) < 4.78 is 68.8. The fourth-order valence-corrected chi connectivity index (χ4v) is 14.4. The Morgan fingerprint density at radius 2 is 0.500 bits per heavy atom. The minimum Gasteiger partial charge on any atom is -0.462 e. The maximum absolute atomic E-state index is 13.1. The number of carbonyl (C=O) groups is 4. The maximum atomic E-state index is 13.1. The number of aliphatic hydroxyl groups is 1. The zero-order chi connectivity index (χ0) is 74.9. The van der Waals surface area contributed by atoms with E-state index < -0.39 is 97.5 Å². The zero-order valence-corrected chi connectivity index (χ0v) is 68.7. The molecule has 0 amide bonds. The highest BCUT2D eigenvalue weighted by atomic mass is 31.2. The second-order valence-electron chi connectivity index (χ2n) is 30.6. The monoisotopic (exact) mass is 1490 g/mol. The van der Waals surface area contributed by atoms with Crippen LogP contribution in [0.5, 0.6) is 0 Å². The lowest BCUT2D eigenvalue weighted by Crippen LogP contribution is -2.30. The number of phosphoric acid groups is 2. The Balaban J connectivity index is 5.23. The smallest absolute Gasteiger partial charge is 0.462 e. The van der Waals surface area contributed by atoms with Crippen molar-refractivity contribution in [1.29, 1.82) is 0 Å². The number of hydrogen-bond acceptors (Lipinski definition) is 15. The molecule has 0 rings (SSSR count). The molecule has 3 N–H and O–H groups in total. The van der Waals surface area contributed by atoms with Gasteiger partial charge < -0.3 is 33.8 Å². The Hall–Kier alpha value is -1.94. The summed E-state index contributed by atoms with van der Waals surface area (Å²) in [6.07, 6.45) is 65.3. The maximum Gasteiger partial charge on any atom is 0.472 e. The van der Waals surface area contributed by atoms with Crippen LogP contribution >= 0.6 is 15.6 Å².